The van der Waals surface area contributed by atoms with Crippen LogP contribution in [0, 0.1) is 5.92 Å². The maximum absolute atomic E-state index is 11.6. The number of nitrogens with two attached hydrogens (primary N) is 1. The van der Waals surface area contributed by atoms with Gasteiger partial charge in [0, 0.05) is 25.1 Å². The fourth-order valence-electron chi connectivity index (χ4n) is 3.37. The van der Waals surface area contributed by atoms with Crippen LogP contribution < -0.4 is 10.6 Å². The van der Waals surface area contributed by atoms with Crippen LogP contribution in [0.25, 0.3) is 11.3 Å². The second-order valence-electron chi connectivity index (χ2n) is 6.84. The Morgan fingerprint density at radius 1 is 1.07 bits per heavy atom. The summed E-state index contributed by atoms with van der Waals surface area (Å²) in [4.78, 5) is 29.3. The van der Waals surface area contributed by atoms with E-state index in [-0.39, 0.29) is 12.6 Å². The molecular formula is C21H25N3O3. The van der Waals surface area contributed by atoms with Crippen molar-refractivity contribution in [1.82, 2.24) is 4.98 Å². The Balaban J connectivity index is 1.49. The lowest BCUT2D eigenvalue weighted by Gasteiger charge is -2.33. The number of amides is 1. The van der Waals surface area contributed by atoms with Crippen molar-refractivity contribution < 1.29 is 14.3 Å². The molecule has 27 heavy (non-hydrogen) atoms. The van der Waals surface area contributed by atoms with Crippen LogP contribution >= 0.6 is 0 Å². The number of nitrogens with zero attached hydrogens (tertiary/aromatic N) is 2. The van der Waals surface area contributed by atoms with Crippen molar-refractivity contribution in [2.45, 2.75) is 25.7 Å². The van der Waals surface area contributed by atoms with Crippen LogP contribution in [-0.2, 0) is 14.3 Å². The number of primary amides is 1. The number of anilines is 1. The lowest BCUT2D eigenvalue weighted by atomic mass is 9.92. The first-order chi connectivity index (χ1) is 13.1. The van der Waals surface area contributed by atoms with Crippen LogP contribution in [0.3, 0.4) is 0 Å². The van der Waals surface area contributed by atoms with Gasteiger partial charge in [0.05, 0.1) is 5.69 Å². The van der Waals surface area contributed by atoms with Crippen LogP contribution in [0.1, 0.15) is 25.7 Å². The number of hydrogen-bond acceptors (Lipinski definition) is 5. The summed E-state index contributed by atoms with van der Waals surface area (Å²) in [5.74, 6) is 0.505. The number of benzene rings is 1. The van der Waals surface area contributed by atoms with Gasteiger partial charge in [-0.25, -0.2) is 4.98 Å². The SMILES string of the molecule is NC(=O)COC(=O)CCC1CCN(c2cccc(-c3ccccc3)n2)CC1. The summed E-state index contributed by atoms with van der Waals surface area (Å²) >= 11 is 0. The molecule has 0 spiro atoms. The molecule has 0 unspecified atom stereocenters. The Labute approximate surface area is 159 Å². The van der Waals surface area contributed by atoms with Crippen molar-refractivity contribution in [1.29, 1.82) is 0 Å². The minimum absolute atomic E-state index is 0.333. The van der Waals surface area contributed by atoms with E-state index in [0.29, 0.717) is 12.3 Å². The summed E-state index contributed by atoms with van der Waals surface area (Å²) in [6.45, 7) is 1.51. The number of aromatic nitrogens is 1. The molecule has 6 heteroatoms. The van der Waals surface area contributed by atoms with Crippen molar-refractivity contribution in [2.75, 3.05) is 24.6 Å². The molecule has 2 heterocycles. The second-order valence-corrected chi connectivity index (χ2v) is 6.84. The topological polar surface area (TPSA) is 85.5 Å². The third-order valence-electron chi connectivity index (χ3n) is 4.87. The predicted octanol–water partition coefficient (Wildman–Crippen LogP) is 2.77. The molecule has 1 amide bonds. The van der Waals surface area contributed by atoms with E-state index in [4.69, 9.17) is 15.5 Å². The number of carbonyl (C=O) groups is 2. The lowest BCUT2D eigenvalue weighted by Crippen LogP contribution is -2.34. The highest BCUT2D eigenvalue weighted by molar-refractivity contribution is 5.78. The third kappa shape index (κ3) is 5.54. The zero-order valence-corrected chi connectivity index (χ0v) is 15.3. The molecule has 1 aliphatic rings. The summed E-state index contributed by atoms with van der Waals surface area (Å²) in [5, 5.41) is 0. The van der Waals surface area contributed by atoms with Gasteiger partial charge in [-0.15, -0.1) is 0 Å². The van der Waals surface area contributed by atoms with Crippen LogP contribution in [-0.4, -0.2) is 36.6 Å². The van der Waals surface area contributed by atoms with Gasteiger partial charge in [-0.05, 0) is 37.3 Å². The number of hydrogen-bond donors (Lipinski definition) is 1. The molecule has 0 saturated carbocycles. The summed E-state index contributed by atoms with van der Waals surface area (Å²) in [6.07, 6.45) is 3.14. The second kappa shape index (κ2) is 9.16. The largest absolute Gasteiger partial charge is 0.456 e. The van der Waals surface area contributed by atoms with Crippen molar-refractivity contribution in [3.63, 3.8) is 0 Å². The molecule has 1 aliphatic heterocycles. The number of esters is 1. The third-order valence-corrected chi connectivity index (χ3v) is 4.87. The highest BCUT2D eigenvalue weighted by atomic mass is 16.5. The molecule has 1 aromatic carbocycles. The molecule has 6 nitrogen and oxygen atoms in total. The minimum atomic E-state index is -0.623. The van der Waals surface area contributed by atoms with Gasteiger partial charge in [-0.1, -0.05) is 36.4 Å². The Hall–Kier alpha value is -2.89. The number of rotatable bonds is 7. The fraction of sp³-hybridized carbons (Fsp3) is 0.381. The van der Waals surface area contributed by atoms with Gasteiger partial charge in [0.1, 0.15) is 5.82 Å². The van der Waals surface area contributed by atoms with Crippen molar-refractivity contribution >= 4 is 17.7 Å². The van der Waals surface area contributed by atoms with E-state index < -0.39 is 5.91 Å². The number of pyridine rings is 1. The standard InChI is InChI=1S/C21H25N3O3/c22-19(25)15-27-21(26)10-9-16-11-13-24(14-12-16)20-8-4-7-18(23-20)17-5-2-1-3-6-17/h1-8,16H,9-15H2,(H2,22,25). The molecule has 2 aromatic rings. The lowest BCUT2D eigenvalue weighted by molar-refractivity contribution is -0.148. The average Bonchev–Trinajstić information content (AvgIpc) is 2.72. The molecule has 3 rings (SSSR count). The van der Waals surface area contributed by atoms with Crippen LogP contribution in [0.2, 0.25) is 0 Å². The van der Waals surface area contributed by atoms with Gasteiger partial charge < -0.3 is 15.4 Å². The Bertz CT molecular complexity index is 771. The van der Waals surface area contributed by atoms with Gasteiger partial charge in [0.25, 0.3) is 5.91 Å². The normalized spacial score (nSPS) is 14.7. The van der Waals surface area contributed by atoms with E-state index in [9.17, 15) is 9.59 Å². The molecule has 0 radical (unpaired) electrons. The first-order valence-corrected chi connectivity index (χ1v) is 9.33. The van der Waals surface area contributed by atoms with E-state index in [1.54, 1.807) is 0 Å². The van der Waals surface area contributed by atoms with Crippen molar-refractivity contribution in [2.24, 2.45) is 11.7 Å². The maximum atomic E-state index is 11.6. The summed E-state index contributed by atoms with van der Waals surface area (Å²) < 4.78 is 4.81. The van der Waals surface area contributed by atoms with E-state index in [1.165, 1.54) is 0 Å². The van der Waals surface area contributed by atoms with Gasteiger partial charge >= 0.3 is 5.97 Å². The molecule has 0 atom stereocenters. The molecule has 1 fully saturated rings. The quantitative estimate of drug-likeness (QED) is 0.761. The molecule has 2 N–H and O–H groups in total. The zero-order valence-electron chi connectivity index (χ0n) is 15.3. The fourth-order valence-corrected chi connectivity index (χ4v) is 3.37. The maximum Gasteiger partial charge on any atom is 0.306 e. The highest BCUT2D eigenvalue weighted by Crippen LogP contribution is 2.27. The van der Waals surface area contributed by atoms with Gasteiger partial charge in [-0.2, -0.15) is 0 Å². The molecular weight excluding hydrogens is 342 g/mol. The van der Waals surface area contributed by atoms with Gasteiger partial charge in [-0.3, -0.25) is 9.59 Å². The van der Waals surface area contributed by atoms with Crippen molar-refractivity contribution in [3.05, 3.63) is 48.5 Å². The van der Waals surface area contributed by atoms with Crippen LogP contribution in [0.5, 0.6) is 0 Å². The average molecular weight is 367 g/mol. The Kier molecular flexibility index (Phi) is 6.41. The van der Waals surface area contributed by atoms with E-state index in [1.807, 2.05) is 36.4 Å². The monoisotopic (exact) mass is 367 g/mol. The molecule has 0 aliphatic carbocycles. The molecule has 1 saturated heterocycles. The van der Waals surface area contributed by atoms with E-state index >= 15 is 0 Å². The summed E-state index contributed by atoms with van der Waals surface area (Å²) in [7, 11) is 0. The minimum Gasteiger partial charge on any atom is -0.456 e. The zero-order chi connectivity index (χ0) is 19.1. The van der Waals surface area contributed by atoms with Crippen molar-refractivity contribution in [3.8, 4) is 11.3 Å². The molecule has 0 bridgehead atoms. The molecule has 1 aromatic heterocycles. The first-order valence-electron chi connectivity index (χ1n) is 9.33. The predicted molar refractivity (Wildman–Crippen MR) is 104 cm³/mol. The van der Waals surface area contributed by atoms with Gasteiger partial charge in [0.2, 0.25) is 0 Å². The van der Waals surface area contributed by atoms with Gasteiger partial charge in [0.15, 0.2) is 6.61 Å². The summed E-state index contributed by atoms with van der Waals surface area (Å²) in [6, 6.07) is 16.3. The van der Waals surface area contributed by atoms with E-state index in [2.05, 4.69) is 17.0 Å². The van der Waals surface area contributed by atoms with Crippen LogP contribution in [0.15, 0.2) is 48.5 Å². The number of piperidine rings is 1. The number of ether oxygens (including phenoxy) is 1. The van der Waals surface area contributed by atoms with Crippen LogP contribution in [0.4, 0.5) is 5.82 Å². The summed E-state index contributed by atoms with van der Waals surface area (Å²) in [5.41, 5.74) is 7.06. The molecule has 142 valence electrons. The first kappa shape index (κ1) is 18.9. The smallest absolute Gasteiger partial charge is 0.306 e. The Morgan fingerprint density at radius 3 is 2.52 bits per heavy atom. The number of carbonyl (C=O) groups excluding carboxylic acids is 2. The highest BCUT2D eigenvalue weighted by Gasteiger charge is 2.21. The Morgan fingerprint density at radius 2 is 1.81 bits per heavy atom. The van der Waals surface area contributed by atoms with E-state index in [0.717, 1.165) is 49.4 Å².